The van der Waals surface area contributed by atoms with Crippen LogP contribution in [0.3, 0.4) is 0 Å². The standard InChI is InChI=1S/C6H13NO2.C5H11NO2S.C5H8O4/c1-4(2)3-5(7)6(8)9;1-9-3-2-4(6)5(7)8;1-9-5(8)3-2-4(6)7/h4-5H,3,7H2,1-2H3,(H,8,9);4H,2-3,6H2,1H3,(H,7,8);2-3H2,1H3,(H,6,7). The number of nitrogens with two attached hydrogens (primary N) is 2. The molecule has 0 fully saturated rings. The summed E-state index contributed by atoms with van der Waals surface area (Å²) in [5.74, 6) is -2.13. The van der Waals surface area contributed by atoms with Crippen molar-refractivity contribution in [2.24, 2.45) is 17.4 Å². The van der Waals surface area contributed by atoms with Crippen LogP contribution in [0.15, 0.2) is 0 Å². The number of methoxy groups -OCH3 is 1. The molecule has 11 heteroatoms. The second-order valence-electron chi connectivity index (χ2n) is 5.77. The van der Waals surface area contributed by atoms with Gasteiger partial charge < -0.3 is 31.5 Å². The molecule has 0 aliphatic carbocycles. The van der Waals surface area contributed by atoms with Crippen molar-refractivity contribution in [2.45, 2.75) is 51.6 Å². The Morgan fingerprint density at radius 3 is 1.70 bits per heavy atom. The second kappa shape index (κ2) is 18.9. The van der Waals surface area contributed by atoms with Crippen LogP contribution in [0, 0.1) is 5.92 Å². The number of carbonyl (C=O) groups excluding carboxylic acids is 1. The molecule has 0 saturated heterocycles. The molecule has 7 N–H and O–H groups in total. The van der Waals surface area contributed by atoms with E-state index in [4.69, 9.17) is 26.8 Å². The van der Waals surface area contributed by atoms with Crippen LogP contribution in [0.4, 0.5) is 0 Å². The molecule has 0 aromatic carbocycles. The summed E-state index contributed by atoms with van der Waals surface area (Å²) in [5, 5.41) is 24.6. The molecule has 0 saturated carbocycles. The lowest BCUT2D eigenvalue weighted by Gasteiger charge is -2.07. The lowest BCUT2D eigenvalue weighted by molar-refractivity contribution is -0.145. The van der Waals surface area contributed by atoms with Crippen LogP contribution in [-0.2, 0) is 23.9 Å². The molecule has 2 unspecified atom stereocenters. The third kappa shape index (κ3) is 26.5. The lowest BCUT2D eigenvalue weighted by atomic mass is 10.1. The van der Waals surface area contributed by atoms with Gasteiger partial charge >= 0.3 is 23.9 Å². The summed E-state index contributed by atoms with van der Waals surface area (Å²) in [6.07, 6.45) is 2.82. The predicted molar refractivity (Wildman–Crippen MR) is 103 cm³/mol. The van der Waals surface area contributed by atoms with Gasteiger partial charge in [-0.05, 0) is 30.8 Å². The number of aliphatic carboxylic acids is 3. The van der Waals surface area contributed by atoms with Crippen molar-refractivity contribution in [3.05, 3.63) is 0 Å². The minimum absolute atomic E-state index is 0.0498. The van der Waals surface area contributed by atoms with E-state index in [1.807, 2.05) is 20.1 Å². The van der Waals surface area contributed by atoms with E-state index in [1.54, 1.807) is 11.8 Å². The van der Waals surface area contributed by atoms with Crippen LogP contribution in [0.2, 0.25) is 0 Å². The van der Waals surface area contributed by atoms with Gasteiger partial charge in [-0.3, -0.25) is 19.2 Å². The first kappa shape index (κ1) is 29.9. The van der Waals surface area contributed by atoms with Crippen LogP contribution in [0.1, 0.15) is 39.5 Å². The lowest BCUT2D eigenvalue weighted by Crippen LogP contribution is -2.31. The van der Waals surface area contributed by atoms with E-state index in [-0.39, 0.29) is 12.8 Å². The van der Waals surface area contributed by atoms with Crippen molar-refractivity contribution in [3.8, 4) is 0 Å². The number of esters is 1. The Hall–Kier alpha value is -1.85. The molecule has 10 nitrogen and oxygen atoms in total. The summed E-state index contributed by atoms with van der Waals surface area (Å²) in [4.78, 5) is 40.2. The maximum Gasteiger partial charge on any atom is 0.320 e. The summed E-state index contributed by atoms with van der Waals surface area (Å²) >= 11 is 1.60. The Kier molecular flexibility index (Phi) is 21.0. The molecule has 0 heterocycles. The number of hydrogen-bond acceptors (Lipinski definition) is 8. The van der Waals surface area contributed by atoms with Crippen LogP contribution < -0.4 is 11.5 Å². The zero-order chi connectivity index (χ0) is 22.0. The van der Waals surface area contributed by atoms with E-state index in [1.165, 1.54) is 7.11 Å². The second-order valence-corrected chi connectivity index (χ2v) is 6.76. The number of thioether (sulfide) groups is 1. The van der Waals surface area contributed by atoms with Gasteiger partial charge in [0, 0.05) is 0 Å². The molecule has 0 spiro atoms. The van der Waals surface area contributed by atoms with Gasteiger partial charge in [0.15, 0.2) is 0 Å². The average molecular weight is 413 g/mol. The van der Waals surface area contributed by atoms with E-state index in [9.17, 15) is 19.2 Å². The molecular formula is C16H32N2O8S. The summed E-state index contributed by atoms with van der Waals surface area (Å²) in [7, 11) is 1.23. The minimum atomic E-state index is -0.986. The molecular weight excluding hydrogens is 380 g/mol. The third-order valence-electron chi connectivity index (χ3n) is 2.76. The highest BCUT2D eigenvalue weighted by atomic mass is 32.2. The highest BCUT2D eigenvalue weighted by Gasteiger charge is 2.12. The molecule has 0 aliphatic heterocycles. The number of ether oxygens (including phenoxy) is 1. The molecule has 0 bridgehead atoms. The van der Waals surface area contributed by atoms with Gasteiger partial charge in [-0.25, -0.2) is 0 Å². The summed E-state index contributed by atoms with van der Waals surface area (Å²) in [6.45, 7) is 3.89. The first-order valence-corrected chi connectivity index (χ1v) is 9.52. The smallest absolute Gasteiger partial charge is 0.320 e. The van der Waals surface area contributed by atoms with Gasteiger partial charge in [0.2, 0.25) is 0 Å². The molecule has 0 aliphatic rings. The molecule has 27 heavy (non-hydrogen) atoms. The zero-order valence-electron chi connectivity index (χ0n) is 16.2. The highest BCUT2D eigenvalue weighted by molar-refractivity contribution is 7.98. The van der Waals surface area contributed by atoms with Crippen molar-refractivity contribution in [2.75, 3.05) is 19.1 Å². The van der Waals surface area contributed by atoms with E-state index >= 15 is 0 Å². The number of carboxylic acids is 3. The minimum Gasteiger partial charge on any atom is -0.481 e. The van der Waals surface area contributed by atoms with Gasteiger partial charge in [-0.2, -0.15) is 11.8 Å². The van der Waals surface area contributed by atoms with E-state index < -0.39 is 36.0 Å². The molecule has 0 rings (SSSR count). The van der Waals surface area contributed by atoms with E-state index in [0.29, 0.717) is 18.8 Å². The Labute approximate surface area is 163 Å². The first-order chi connectivity index (χ1) is 12.4. The van der Waals surface area contributed by atoms with E-state index in [2.05, 4.69) is 4.74 Å². The fourth-order valence-corrected chi connectivity index (χ4v) is 1.78. The topological polar surface area (TPSA) is 190 Å². The normalized spacial score (nSPS) is 11.8. The number of rotatable bonds is 10. The van der Waals surface area contributed by atoms with Crippen LogP contribution in [0.25, 0.3) is 0 Å². The van der Waals surface area contributed by atoms with Crippen LogP contribution in [0.5, 0.6) is 0 Å². The predicted octanol–water partition coefficient (Wildman–Crippen LogP) is 0.620. The summed E-state index contributed by atoms with van der Waals surface area (Å²) in [6, 6.07) is -1.37. The highest BCUT2D eigenvalue weighted by Crippen LogP contribution is 2.01. The van der Waals surface area contributed by atoms with Gasteiger partial charge in [0.05, 0.1) is 20.0 Å². The Morgan fingerprint density at radius 2 is 1.44 bits per heavy atom. The zero-order valence-corrected chi connectivity index (χ0v) is 17.0. The number of carboxylic acid groups (broad SMARTS) is 3. The monoisotopic (exact) mass is 412 g/mol. The maximum atomic E-state index is 10.2. The van der Waals surface area contributed by atoms with Crippen molar-refractivity contribution in [3.63, 3.8) is 0 Å². The quantitative estimate of drug-likeness (QED) is 0.316. The van der Waals surface area contributed by atoms with Crippen molar-refractivity contribution < 1.29 is 39.2 Å². The Balaban J connectivity index is -0.000000320. The van der Waals surface area contributed by atoms with Crippen molar-refractivity contribution in [1.29, 1.82) is 0 Å². The summed E-state index contributed by atoms with van der Waals surface area (Å²) in [5.41, 5.74) is 10.4. The first-order valence-electron chi connectivity index (χ1n) is 8.13. The fraction of sp³-hybridized carbons (Fsp3) is 0.750. The van der Waals surface area contributed by atoms with E-state index in [0.717, 1.165) is 5.75 Å². The van der Waals surface area contributed by atoms with Crippen molar-refractivity contribution >= 4 is 35.6 Å². The molecule has 2 atom stereocenters. The van der Waals surface area contributed by atoms with Gasteiger partial charge in [-0.15, -0.1) is 0 Å². The Bertz CT molecular complexity index is 446. The average Bonchev–Trinajstić information content (AvgIpc) is 2.57. The molecule has 160 valence electrons. The maximum absolute atomic E-state index is 10.2. The molecule has 0 radical (unpaired) electrons. The number of hydrogen-bond donors (Lipinski definition) is 5. The molecule has 0 aromatic heterocycles. The SMILES string of the molecule is CC(C)CC(N)C(=O)O.COC(=O)CCC(=O)O.CSCCC(N)C(=O)O. The van der Waals surface area contributed by atoms with Crippen LogP contribution >= 0.6 is 11.8 Å². The summed E-state index contributed by atoms with van der Waals surface area (Å²) < 4.78 is 4.20. The van der Waals surface area contributed by atoms with Gasteiger partial charge in [-0.1, -0.05) is 13.8 Å². The molecule has 0 amide bonds. The van der Waals surface area contributed by atoms with Crippen molar-refractivity contribution in [1.82, 2.24) is 0 Å². The van der Waals surface area contributed by atoms with Gasteiger partial charge in [0.25, 0.3) is 0 Å². The Morgan fingerprint density at radius 1 is 0.963 bits per heavy atom. The molecule has 0 aromatic rings. The van der Waals surface area contributed by atoms with Crippen LogP contribution in [-0.4, -0.2) is 70.4 Å². The largest absolute Gasteiger partial charge is 0.481 e. The third-order valence-corrected chi connectivity index (χ3v) is 3.41. The van der Waals surface area contributed by atoms with Gasteiger partial charge in [0.1, 0.15) is 12.1 Å². The fourth-order valence-electron chi connectivity index (χ4n) is 1.29. The number of carbonyl (C=O) groups is 4.